The summed E-state index contributed by atoms with van der Waals surface area (Å²) in [7, 11) is -9.44. The van der Waals surface area contributed by atoms with Crippen LogP contribution in [0.4, 0.5) is 0 Å². The summed E-state index contributed by atoms with van der Waals surface area (Å²) in [6, 6.07) is 142. The standard InChI is InChI=1S/3C35H23N2OP/c38-39(25-13-3-1-4-14-25,26-15-5-2-6-16-26)32-21-11-12-24-22-23-28-27-17-7-8-18-29(27)35-36-30-19-9-10-20-31(30)37(35)34(28)33(24)32;38-39(25-11-3-1-4-12-25,26-13-5-2-6-14-26)27-20-22-28-24(23-27)19-21-30-29-15-7-8-16-31(29)35-36-32-17-9-10-18-33(32)37(35)34(28)30;38-39(25-11-3-1-4-12-25,26-13-5-2-6-14-26)27-21-19-24-20-22-29-28-15-7-8-16-30(28)35-36-32-17-9-10-18-33(32)37(35)34(29)31(24)23-27/h3*1-23H. The van der Waals surface area contributed by atoms with Crippen molar-refractivity contribution in [3.8, 4) is 0 Å². The van der Waals surface area contributed by atoms with E-state index in [0.717, 1.165) is 184 Å². The first-order chi connectivity index (χ1) is 57.7. The van der Waals surface area contributed by atoms with Crippen LogP contribution < -0.4 is 47.7 Å². The van der Waals surface area contributed by atoms with Crippen molar-refractivity contribution in [1.82, 2.24) is 28.2 Å². The zero-order chi connectivity index (χ0) is 77.9. The van der Waals surface area contributed by atoms with E-state index in [9.17, 15) is 0 Å². The smallest absolute Gasteiger partial charge is 0.171 e. The Morgan fingerprint density at radius 3 is 0.906 bits per heavy atom. The number of imidazole rings is 3. The second kappa shape index (κ2) is 27.8. The fourth-order valence-electron chi connectivity index (χ4n) is 18.1. The Kier molecular flexibility index (Phi) is 16.6. The summed E-state index contributed by atoms with van der Waals surface area (Å²) >= 11 is 0. The van der Waals surface area contributed by atoms with Crippen molar-refractivity contribution in [3.63, 3.8) is 0 Å². The quantitative estimate of drug-likeness (QED) is 0.105. The predicted molar refractivity (Wildman–Crippen MR) is 494 cm³/mol. The van der Waals surface area contributed by atoms with E-state index in [1.807, 2.05) is 212 Å². The third kappa shape index (κ3) is 10.9. The maximum absolute atomic E-state index is 15.7. The number of hydrogen-bond acceptors (Lipinski definition) is 6. The first kappa shape index (κ1) is 69.5. The zero-order valence-corrected chi connectivity index (χ0v) is 65.8. The van der Waals surface area contributed by atoms with Crippen molar-refractivity contribution < 1.29 is 13.7 Å². The van der Waals surface area contributed by atoms with Gasteiger partial charge in [-0.15, -0.1) is 0 Å². The van der Waals surface area contributed by atoms with Crippen molar-refractivity contribution in [3.05, 3.63) is 419 Å². The molecular formula is C105H69N6O3P3. The molecule has 24 rings (SSSR count). The molecule has 9 nitrogen and oxygen atoms in total. The third-order valence-electron chi connectivity index (χ3n) is 23.5. The molecule has 0 amide bonds. The zero-order valence-electron chi connectivity index (χ0n) is 63.1. The Bertz CT molecular complexity index is 8170. The molecule has 6 heterocycles. The number of aromatic nitrogens is 6. The molecule has 0 aliphatic carbocycles. The van der Waals surface area contributed by atoms with Gasteiger partial charge in [0.05, 0.1) is 49.7 Å². The summed E-state index contributed by atoms with van der Waals surface area (Å²) in [5.41, 5.74) is 12.1. The first-order valence-corrected chi connectivity index (χ1v) is 44.4. The van der Waals surface area contributed by atoms with Gasteiger partial charge in [-0.1, -0.05) is 370 Å². The number of nitrogens with zero attached hydrogens (tertiary/aromatic N) is 6. The van der Waals surface area contributed by atoms with Gasteiger partial charge in [0, 0.05) is 96.2 Å². The van der Waals surface area contributed by atoms with Gasteiger partial charge in [-0.25, -0.2) is 15.0 Å². The third-order valence-corrected chi connectivity index (χ3v) is 32.7. The molecule has 24 aromatic rings. The van der Waals surface area contributed by atoms with Crippen molar-refractivity contribution in [2.45, 2.75) is 0 Å². The number of benzene rings is 18. The minimum absolute atomic E-state index is 0.825. The van der Waals surface area contributed by atoms with Crippen LogP contribution in [0.5, 0.6) is 0 Å². The highest BCUT2D eigenvalue weighted by atomic mass is 31.2. The topological polar surface area (TPSA) is 103 Å². The van der Waals surface area contributed by atoms with Gasteiger partial charge in [0.2, 0.25) is 0 Å². The summed E-state index contributed by atoms with van der Waals surface area (Å²) < 4.78 is 52.8. The number of hydrogen-bond donors (Lipinski definition) is 0. The summed E-state index contributed by atoms with van der Waals surface area (Å²) in [5.74, 6) is 0. The van der Waals surface area contributed by atoms with Crippen LogP contribution in [0.15, 0.2) is 419 Å². The summed E-state index contributed by atoms with van der Waals surface area (Å²) in [6.07, 6.45) is 0. The van der Waals surface area contributed by atoms with Crippen LogP contribution >= 0.6 is 21.4 Å². The fraction of sp³-hybridized carbons (Fsp3) is 0. The van der Waals surface area contributed by atoms with E-state index in [4.69, 9.17) is 15.0 Å². The highest BCUT2D eigenvalue weighted by Crippen LogP contribution is 2.49. The van der Waals surface area contributed by atoms with Crippen LogP contribution in [0, 0.1) is 0 Å². The average Bonchev–Trinajstić information content (AvgIpc) is 1.67. The molecule has 0 aliphatic heterocycles. The number of rotatable bonds is 9. The molecule has 12 heteroatoms. The van der Waals surface area contributed by atoms with Crippen LogP contribution in [0.3, 0.4) is 0 Å². The molecule has 0 fully saturated rings. The SMILES string of the molecule is O=P(c1ccccc1)(c1ccccc1)c1ccc2c(ccc3c4ccccc4c4nc5ccccc5n4c23)c1.O=P(c1ccccc1)(c1ccccc1)c1ccc2ccc3c4ccccc4c4nc5ccccc5n4c3c2c1.O=P(c1ccccc1)(c1ccccc1)c1cccc2ccc3c4ccccc4c4nc5ccccc5n4c3c12. The van der Waals surface area contributed by atoms with Gasteiger partial charge in [0.1, 0.15) is 16.9 Å². The number of fused-ring (bicyclic) bond motifs is 30. The average molecular weight is 1560 g/mol. The summed E-state index contributed by atoms with van der Waals surface area (Å²) in [5, 5.41) is 24.2. The fourth-order valence-corrected chi connectivity index (χ4v) is 26.4. The molecule has 552 valence electrons. The summed E-state index contributed by atoms with van der Waals surface area (Å²) in [6.45, 7) is 0. The van der Waals surface area contributed by atoms with E-state index >= 15 is 13.7 Å². The summed E-state index contributed by atoms with van der Waals surface area (Å²) in [4.78, 5) is 15.2. The number of para-hydroxylation sites is 6. The van der Waals surface area contributed by atoms with E-state index in [1.54, 1.807) is 0 Å². The van der Waals surface area contributed by atoms with E-state index < -0.39 is 21.4 Å². The van der Waals surface area contributed by atoms with Crippen molar-refractivity contribution >= 4 is 217 Å². The highest BCUT2D eigenvalue weighted by molar-refractivity contribution is 7.86. The molecule has 0 saturated carbocycles. The molecule has 0 radical (unpaired) electrons. The molecule has 6 aromatic heterocycles. The molecule has 0 N–H and O–H groups in total. The monoisotopic (exact) mass is 1550 g/mol. The highest BCUT2D eigenvalue weighted by Gasteiger charge is 2.35. The van der Waals surface area contributed by atoms with E-state index in [1.165, 1.54) is 10.8 Å². The molecule has 0 saturated heterocycles. The lowest BCUT2D eigenvalue weighted by molar-refractivity contribution is 0.591. The van der Waals surface area contributed by atoms with Gasteiger partial charge in [-0.2, -0.15) is 0 Å². The molecule has 117 heavy (non-hydrogen) atoms. The second-order valence-corrected chi connectivity index (χ2v) is 38.1. The van der Waals surface area contributed by atoms with Crippen LogP contribution in [0.1, 0.15) is 0 Å². The Morgan fingerprint density at radius 1 is 0.188 bits per heavy atom. The van der Waals surface area contributed by atoms with Crippen LogP contribution in [-0.4, -0.2) is 28.2 Å². The molecule has 0 bridgehead atoms. The van der Waals surface area contributed by atoms with Gasteiger partial charge in [0.25, 0.3) is 0 Å². The first-order valence-electron chi connectivity index (χ1n) is 39.3. The lowest BCUT2D eigenvalue weighted by atomic mass is 10.0. The maximum atomic E-state index is 15.7. The Labute approximate surface area is 672 Å². The van der Waals surface area contributed by atoms with E-state index in [-0.39, 0.29) is 0 Å². The predicted octanol–water partition coefficient (Wildman–Crippen LogP) is 22.8. The molecule has 0 spiro atoms. The molecule has 0 unspecified atom stereocenters. The van der Waals surface area contributed by atoms with E-state index in [2.05, 4.69) is 219 Å². The van der Waals surface area contributed by atoms with Gasteiger partial charge in [-0.05, 0) is 80.8 Å². The van der Waals surface area contributed by atoms with Crippen LogP contribution in [0.25, 0.3) is 147 Å². The molecule has 0 aliphatic rings. The number of pyridine rings is 3. The maximum Gasteiger partial charge on any atom is 0.171 e. The largest absolute Gasteiger partial charge is 0.309 e. The van der Waals surface area contributed by atoms with Crippen molar-refractivity contribution in [2.75, 3.05) is 0 Å². The van der Waals surface area contributed by atoms with E-state index in [0.29, 0.717) is 0 Å². The van der Waals surface area contributed by atoms with Crippen molar-refractivity contribution in [2.24, 2.45) is 0 Å². The van der Waals surface area contributed by atoms with Gasteiger partial charge < -0.3 is 13.7 Å². The Hall–Kier alpha value is -14.2. The molecular weight excluding hydrogens is 1490 g/mol. The normalized spacial score (nSPS) is 12.2. The second-order valence-electron chi connectivity index (χ2n) is 29.8. The van der Waals surface area contributed by atoms with Crippen LogP contribution in [-0.2, 0) is 13.7 Å². The van der Waals surface area contributed by atoms with Crippen LogP contribution in [0.2, 0.25) is 0 Å². The Balaban J connectivity index is 0.000000106. The van der Waals surface area contributed by atoms with Gasteiger partial charge >= 0.3 is 0 Å². The van der Waals surface area contributed by atoms with Gasteiger partial charge in [0.15, 0.2) is 21.4 Å². The minimum Gasteiger partial charge on any atom is -0.309 e. The lowest BCUT2D eigenvalue weighted by Crippen LogP contribution is -2.25. The van der Waals surface area contributed by atoms with Crippen molar-refractivity contribution in [1.29, 1.82) is 0 Å². The lowest BCUT2D eigenvalue weighted by Gasteiger charge is -2.23. The molecule has 0 atom stereocenters. The molecule has 18 aromatic carbocycles. The minimum atomic E-state index is -3.24. The Morgan fingerprint density at radius 2 is 0.487 bits per heavy atom. The van der Waals surface area contributed by atoms with Gasteiger partial charge in [-0.3, -0.25) is 13.2 Å².